The van der Waals surface area contributed by atoms with Crippen LogP contribution in [-0.2, 0) is 19.1 Å². The summed E-state index contributed by atoms with van der Waals surface area (Å²) in [6.45, 7) is 0.519. The lowest BCUT2D eigenvalue weighted by atomic mass is 9.94. The Hall–Kier alpha value is -0.870. The van der Waals surface area contributed by atoms with Crippen LogP contribution in [0.1, 0.15) is 24.1 Å². The van der Waals surface area contributed by atoms with Crippen LogP contribution in [0.5, 0.6) is 0 Å². The topological polar surface area (TPSA) is 64.1 Å². The average Bonchev–Trinajstić information content (AvgIpc) is 2.58. The number of hydrogen-bond donors (Lipinski definition) is 2. The standard InChI is InChI=1S/C9H15N3O/c1-12-8-2-3-9(13,4-5-10)7(8)6-11-12/h6,13H,2-5,10H2,1H3. The van der Waals surface area contributed by atoms with Crippen molar-refractivity contribution in [2.45, 2.75) is 24.9 Å². The lowest BCUT2D eigenvalue weighted by molar-refractivity contribution is 0.0319. The van der Waals surface area contributed by atoms with Crippen molar-refractivity contribution >= 4 is 0 Å². The second-order valence-corrected chi connectivity index (χ2v) is 3.70. The van der Waals surface area contributed by atoms with Gasteiger partial charge in [0.05, 0.1) is 11.8 Å². The highest BCUT2D eigenvalue weighted by Gasteiger charge is 2.38. The zero-order valence-corrected chi connectivity index (χ0v) is 7.82. The summed E-state index contributed by atoms with van der Waals surface area (Å²) in [4.78, 5) is 0. The largest absolute Gasteiger partial charge is 0.385 e. The number of aryl methyl sites for hydroxylation is 1. The molecule has 0 saturated carbocycles. The van der Waals surface area contributed by atoms with E-state index in [-0.39, 0.29) is 0 Å². The van der Waals surface area contributed by atoms with Gasteiger partial charge >= 0.3 is 0 Å². The molecular formula is C9H15N3O. The van der Waals surface area contributed by atoms with Crippen molar-refractivity contribution in [2.75, 3.05) is 6.54 Å². The van der Waals surface area contributed by atoms with Gasteiger partial charge < -0.3 is 10.8 Å². The van der Waals surface area contributed by atoms with E-state index in [1.54, 1.807) is 6.20 Å². The number of rotatable bonds is 2. The van der Waals surface area contributed by atoms with Crippen LogP contribution in [0.4, 0.5) is 0 Å². The lowest BCUT2D eigenvalue weighted by Crippen LogP contribution is -2.25. The smallest absolute Gasteiger partial charge is 0.0945 e. The van der Waals surface area contributed by atoms with Crippen LogP contribution in [0, 0.1) is 0 Å². The number of fused-ring (bicyclic) bond motifs is 1. The van der Waals surface area contributed by atoms with E-state index in [4.69, 9.17) is 5.73 Å². The third-order valence-electron chi connectivity index (χ3n) is 2.90. The van der Waals surface area contributed by atoms with Crippen LogP contribution in [0.2, 0.25) is 0 Å². The Morgan fingerprint density at radius 3 is 3.23 bits per heavy atom. The van der Waals surface area contributed by atoms with E-state index in [0.29, 0.717) is 13.0 Å². The molecule has 1 unspecified atom stereocenters. The van der Waals surface area contributed by atoms with Crippen LogP contribution < -0.4 is 5.73 Å². The van der Waals surface area contributed by atoms with Gasteiger partial charge in [-0.2, -0.15) is 5.10 Å². The van der Waals surface area contributed by atoms with Crippen molar-refractivity contribution < 1.29 is 5.11 Å². The molecule has 0 radical (unpaired) electrons. The highest BCUT2D eigenvalue weighted by Crippen LogP contribution is 2.38. The molecule has 4 heteroatoms. The molecule has 1 atom stereocenters. The molecule has 0 spiro atoms. The molecule has 1 aliphatic carbocycles. The maximum Gasteiger partial charge on any atom is 0.0945 e. The maximum atomic E-state index is 10.2. The van der Waals surface area contributed by atoms with Gasteiger partial charge in [-0.05, 0) is 25.8 Å². The highest BCUT2D eigenvalue weighted by molar-refractivity contribution is 5.30. The van der Waals surface area contributed by atoms with Gasteiger partial charge in [-0.3, -0.25) is 4.68 Å². The first kappa shape index (κ1) is 8.72. The molecule has 1 aromatic rings. The molecule has 3 N–H and O–H groups in total. The molecule has 0 fully saturated rings. The monoisotopic (exact) mass is 181 g/mol. The molecular weight excluding hydrogens is 166 g/mol. The fraction of sp³-hybridized carbons (Fsp3) is 0.667. The third kappa shape index (κ3) is 1.17. The van der Waals surface area contributed by atoms with Crippen LogP contribution in [0.3, 0.4) is 0 Å². The Kier molecular flexibility index (Phi) is 1.89. The molecule has 1 aromatic heterocycles. The highest BCUT2D eigenvalue weighted by atomic mass is 16.3. The van der Waals surface area contributed by atoms with Gasteiger partial charge in [-0.15, -0.1) is 0 Å². The van der Waals surface area contributed by atoms with Gasteiger partial charge in [0.1, 0.15) is 0 Å². The molecule has 2 rings (SSSR count). The number of nitrogens with zero attached hydrogens (tertiary/aromatic N) is 2. The van der Waals surface area contributed by atoms with Crippen LogP contribution in [0.15, 0.2) is 6.20 Å². The normalized spacial score (nSPS) is 26.4. The number of nitrogens with two attached hydrogens (primary N) is 1. The molecule has 1 aliphatic rings. The Labute approximate surface area is 77.4 Å². The molecule has 0 aromatic carbocycles. The van der Waals surface area contributed by atoms with E-state index in [0.717, 1.165) is 24.1 Å². The third-order valence-corrected chi connectivity index (χ3v) is 2.90. The molecule has 4 nitrogen and oxygen atoms in total. The van der Waals surface area contributed by atoms with Crippen molar-refractivity contribution in [3.05, 3.63) is 17.5 Å². The summed E-state index contributed by atoms with van der Waals surface area (Å²) in [5, 5.41) is 14.4. The van der Waals surface area contributed by atoms with Gasteiger partial charge in [0.2, 0.25) is 0 Å². The van der Waals surface area contributed by atoms with Gasteiger partial charge in [-0.1, -0.05) is 0 Å². The van der Waals surface area contributed by atoms with Crippen molar-refractivity contribution in [3.8, 4) is 0 Å². The fourth-order valence-electron chi connectivity index (χ4n) is 2.11. The van der Waals surface area contributed by atoms with Crippen LogP contribution >= 0.6 is 0 Å². The second kappa shape index (κ2) is 2.82. The summed E-state index contributed by atoms with van der Waals surface area (Å²) in [5.74, 6) is 0. The zero-order valence-electron chi connectivity index (χ0n) is 7.82. The van der Waals surface area contributed by atoms with Gasteiger partial charge in [-0.25, -0.2) is 0 Å². The Morgan fingerprint density at radius 2 is 2.54 bits per heavy atom. The van der Waals surface area contributed by atoms with Crippen LogP contribution in [0.25, 0.3) is 0 Å². The summed E-state index contributed by atoms with van der Waals surface area (Å²) < 4.78 is 1.84. The first-order valence-electron chi connectivity index (χ1n) is 4.61. The first-order valence-corrected chi connectivity index (χ1v) is 4.61. The Bertz CT molecular complexity index is 321. The number of hydrogen-bond acceptors (Lipinski definition) is 3. The van der Waals surface area contributed by atoms with Gasteiger partial charge in [0, 0.05) is 18.3 Å². The quantitative estimate of drug-likeness (QED) is 0.669. The van der Waals surface area contributed by atoms with E-state index >= 15 is 0 Å². The van der Waals surface area contributed by atoms with Crippen LogP contribution in [-0.4, -0.2) is 21.4 Å². The minimum atomic E-state index is -0.710. The van der Waals surface area contributed by atoms with Crippen molar-refractivity contribution in [2.24, 2.45) is 12.8 Å². The predicted octanol–water partition coefficient (Wildman–Crippen LogP) is -0.0973. The fourth-order valence-corrected chi connectivity index (χ4v) is 2.11. The summed E-state index contributed by atoms with van der Waals surface area (Å²) in [6.07, 6.45) is 4.08. The summed E-state index contributed by atoms with van der Waals surface area (Å²) in [7, 11) is 1.91. The van der Waals surface area contributed by atoms with E-state index in [1.807, 2.05) is 11.7 Å². The molecule has 72 valence electrons. The Morgan fingerprint density at radius 1 is 1.77 bits per heavy atom. The van der Waals surface area contributed by atoms with Gasteiger partial charge in [0.15, 0.2) is 0 Å². The molecule has 13 heavy (non-hydrogen) atoms. The average molecular weight is 181 g/mol. The maximum absolute atomic E-state index is 10.2. The van der Waals surface area contributed by atoms with Crippen molar-refractivity contribution in [1.82, 2.24) is 9.78 Å². The summed E-state index contributed by atoms with van der Waals surface area (Å²) in [6, 6.07) is 0. The first-order chi connectivity index (χ1) is 6.17. The molecule has 0 amide bonds. The molecule has 1 heterocycles. The predicted molar refractivity (Wildman–Crippen MR) is 49.1 cm³/mol. The number of aromatic nitrogens is 2. The lowest BCUT2D eigenvalue weighted by Gasteiger charge is -2.21. The minimum absolute atomic E-state index is 0.519. The zero-order chi connectivity index (χ0) is 9.47. The summed E-state index contributed by atoms with van der Waals surface area (Å²) >= 11 is 0. The summed E-state index contributed by atoms with van der Waals surface area (Å²) in [5.41, 5.74) is 6.88. The number of aliphatic hydroxyl groups is 1. The van der Waals surface area contributed by atoms with Crippen molar-refractivity contribution in [1.29, 1.82) is 0 Å². The van der Waals surface area contributed by atoms with Gasteiger partial charge in [0.25, 0.3) is 0 Å². The second-order valence-electron chi connectivity index (χ2n) is 3.70. The van der Waals surface area contributed by atoms with E-state index in [2.05, 4.69) is 5.10 Å². The minimum Gasteiger partial charge on any atom is -0.385 e. The Balaban J connectivity index is 2.37. The van der Waals surface area contributed by atoms with E-state index in [1.165, 1.54) is 0 Å². The molecule has 0 bridgehead atoms. The van der Waals surface area contributed by atoms with E-state index < -0.39 is 5.60 Å². The van der Waals surface area contributed by atoms with Crippen molar-refractivity contribution in [3.63, 3.8) is 0 Å². The molecule has 0 aliphatic heterocycles. The SMILES string of the molecule is Cn1ncc2c1CCC2(O)CCN. The van der Waals surface area contributed by atoms with E-state index in [9.17, 15) is 5.11 Å². The molecule has 0 saturated heterocycles.